The second-order valence-electron chi connectivity index (χ2n) is 8.21. The summed E-state index contributed by atoms with van der Waals surface area (Å²) in [6, 6.07) is 16.5. The Hall–Kier alpha value is -3.21. The van der Waals surface area contributed by atoms with Gasteiger partial charge in [0.1, 0.15) is 0 Å². The number of nitrogens with one attached hydrogen (secondary N) is 2. The number of rotatable bonds is 5. The number of benzene rings is 3. The van der Waals surface area contributed by atoms with Gasteiger partial charge in [-0.3, -0.25) is 19.5 Å². The van der Waals surface area contributed by atoms with Gasteiger partial charge in [-0.25, -0.2) is 8.42 Å². The van der Waals surface area contributed by atoms with Crippen LogP contribution in [0.1, 0.15) is 27.9 Å². The van der Waals surface area contributed by atoms with Gasteiger partial charge in [0.25, 0.3) is 15.9 Å². The summed E-state index contributed by atoms with van der Waals surface area (Å²) in [5, 5.41) is 7.59. The van der Waals surface area contributed by atoms with Gasteiger partial charge in [-0.2, -0.15) is 5.10 Å². The van der Waals surface area contributed by atoms with Crippen molar-refractivity contribution in [1.29, 1.82) is 0 Å². The number of sulfonamides is 1. The van der Waals surface area contributed by atoms with Gasteiger partial charge in [-0.05, 0) is 72.6 Å². The number of hydrogen-bond donors (Lipinski definition) is 2. The van der Waals surface area contributed by atoms with Crippen LogP contribution in [0.15, 0.2) is 80.1 Å². The predicted octanol–water partition coefficient (Wildman–Crippen LogP) is 4.83. The molecule has 0 fully saturated rings. The van der Waals surface area contributed by atoms with Gasteiger partial charge in [0.05, 0.1) is 16.3 Å². The molecule has 0 aliphatic carbocycles. The Labute approximate surface area is 222 Å². The Bertz CT molecular complexity index is 1510. The molecule has 5 rings (SSSR count). The lowest BCUT2D eigenvalue weighted by Gasteiger charge is -2.20. The van der Waals surface area contributed by atoms with Gasteiger partial charge in [0.2, 0.25) is 0 Å². The van der Waals surface area contributed by atoms with Crippen molar-refractivity contribution in [2.45, 2.75) is 17.7 Å². The number of amides is 1. The van der Waals surface area contributed by atoms with Crippen LogP contribution in [0.2, 0.25) is 5.02 Å². The smallest absolute Gasteiger partial charge is 0.264 e. The number of carbonyl (C=O) groups is 1. The minimum atomic E-state index is -3.78. The lowest BCUT2D eigenvalue weighted by Crippen LogP contribution is -2.29. The van der Waals surface area contributed by atoms with Crippen LogP contribution in [-0.2, 0) is 16.4 Å². The molecular weight excluding hydrogens is 566 g/mol. The zero-order valence-electron chi connectivity index (χ0n) is 18.9. The van der Waals surface area contributed by atoms with Gasteiger partial charge >= 0.3 is 0 Å². The Kier molecular flexibility index (Phi) is 6.83. The molecule has 2 N–H and O–H groups in total. The molecule has 3 aromatic carbocycles. The Balaban J connectivity index is 1.37. The van der Waals surface area contributed by atoms with E-state index in [9.17, 15) is 13.2 Å². The number of anilines is 2. The van der Waals surface area contributed by atoms with E-state index in [-0.39, 0.29) is 10.8 Å². The number of nitrogens with zero attached hydrogens (tertiary/aromatic N) is 3. The van der Waals surface area contributed by atoms with Crippen LogP contribution >= 0.6 is 27.5 Å². The first kappa shape index (κ1) is 24.5. The molecule has 2 aliphatic rings. The first-order valence-corrected chi connectivity index (χ1v) is 13.8. The number of halogens is 2. The summed E-state index contributed by atoms with van der Waals surface area (Å²) >= 11 is 9.51. The summed E-state index contributed by atoms with van der Waals surface area (Å²) in [7, 11) is -3.78. The summed E-state index contributed by atoms with van der Waals surface area (Å²) in [5.74, 6) is 0.176. The van der Waals surface area contributed by atoms with Crippen molar-refractivity contribution < 1.29 is 13.2 Å². The maximum atomic E-state index is 13.3. The van der Waals surface area contributed by atoms with Crippen molar-refractivity contribution in [3.63, 3.8) is 0 Å². The van der Waals surface area contributed by atoms with E-state index in [1.165, 1.54) is 28.6 Å². The molecule has 2 aliphatic heterocycles. The number of carbonyl (C=O) groups excluding carboxylic acids is 1. The van der Waals surface area contributed by atoms with Crippen LogP contribution in [0.4, 0.5) is 11.4 Å². The molecular formula is C25H21BrClN5O3S. The topological polar surface area (TPSA) is 103 Å². The number of hydrogen-bond acceptors (Lipinski definition) is 6. The molecule has 0 bridgehead atoms. The molecule has 36 heavy (non-hydrogen) atoms. The second-order valence-corrected chi connectivity index (χ2v) is 11.4. The minimum Gasteiger partial charge on any atom is -0.321 e. The molecule has 0 radical (unpaired) electrons. The number of amidine groups is 1. The summed E-state index contributed by atoms with van der Waals surface area (Å²) in [6.07, 6.45) is 3.06. The highest BCUT2D eigenvalue weighted by Crippen LogP contribution is 2.34. The fourth-order valence-corrected chi connectivity index (χ4v) is 6.16. The van der Waals surface area contributed by atoms with E-state index in [1.807, 2.05) is 12.1 Å². The summed E-state index contributed by atoms with van der Waals surface area (Å²) in [4.78, 5) is 17.6. The van der Waals surface area contributed by atoms with E-state index >= 15 is 0 Å². The average molecular weight is 587 g/mol. The van der Waals surface area contributed by atoms with Crippen LogP contribution in [0.5, 0.6) is 0 Å². The average Bonchev–Trinajstić information content (AvgIpc) is 3.11. The van der Waals surface area contributed by atoms with Crippen molar-refractivity contribution in [2.75, 3.05) is 22.7 Å². The molecule has 0 saturated carbocycles. The Morgan fingerprint density at radius 1 is 1.08 bits per heavy atom. The van der Waals surface area contributed by atoms with Crippen molar-refractivity contribution >= 4 is 66.9 Å². The summed E-state index contributed by atoms with van der Waals surface area (Å²) < 4.78 is 28.8. The molecule has 0 spiro atoms. The molecule has 0 unspecified atom stereocenters. The summed E-state index contributed by atoms with van der Waals surface area (Å²) in [6.45, 7) is 0.921. The van der Waals surface area contributed by atoms with Crippen molar-refractivity contribution in [3.05, 3.63) is 86.8 Å². The highest BCUT2D eigenvalue weighted by molar-refractivity contribution is 9.10. The van der Waals surface area contributed by atoms with Crippen LogP contribution < -0.4 is 15.0 Å². The lowest BCUT2D eigenvalue weighted by molar-refractivity contribution is 0.102. The highest BCUT2D eigenvalue weighted by Gasteiger charge is 2.31. The van der Waals surface area contributed by atoms with E-state index in [2.05, 4.69) is 36.8 Å². The zero-order valence-corrected chi connectivity index (χ0v) is 22.1. The summed E-state index contributed by atoms with van der Waals surface area (Å²) in [5.41, 5.74) is 5.99. The maximum absolute atomic E-state index is 13.3. The van der Waals surface area contributed by atoms with Crippen LogP contribution in [-0.4, -0.2) is 39.5 Å². The van der Waals surface area contributed by atoms with Crippen LogP contribution in [0.25, 0.3) is 0 Å². The van der Waals surface area contributed by atoms with Gasteiger partial charge in [0.15, 0.2) is 5.84 Å². The quantitative estimate of drug-likeness (QED) is 0.447. The monoisotopic (exact) mass is 585 g/mol. The normalized spacial score (nSPS) is 15.1. The Morgan fingerprint density at radius 2 is 1.89 bits per heavy atom. The van der Waals surface area contributed by atoms with Gasteiger partial charge in [-0.1, -0.05) is 27.5 Å². The lowest BCUT2D eigenvalue weighted by atomic mass is 10.1. The SMILES string of the molecule is O=C(Nc1ccc(Br)cc1C1=NCCC=NN1)c1ccc(S(=O)(=O)N2CCc3cc(Cl)ccc32)cc1. The van der Waals surface area contributed by atoms with E-state index in [0.29, 0.717) is 52.9 Å². The number of hydrazone groups is 1. The molecule has 0 aromatic heterocycles. The third-order valence-electron chi connectivity index (χ3n) is 5.87. The van der Waals surface area contributed by atoms with Gasteiger partial charge < -0.3 is 5.32 Å². The van der Waals surface area contributed by atoms with E-state index in [1.54, 1.807) is 30.5 Å². The zero-order chi connectivity index (χ0) is 25.3. The second kappa shape index (κ2) is 10.0. The highest BCUT2D eigenvalue weighted by atomic mass is 79.9. The molecule has 0 atom stereocenters. The molecule has 184 valence electrons. The molecule has 1 amide bonds. The molecule has 2 heterocycles. The standard InChI is InChI=1S/C25H21BrClN5O3S/c26-18-4-8-22(21(15-18)24-28-11-1-12-29-31-24)30-25(33)16-2-6-20(7-3-16)36(34,35)32-13-10-17-14-19(27)5-9-23(17)32/h2-9,12,14-15H,1,10-11,13H2,(H,28,31)(H,30,33). The van der Waals surface area contributed by atoms with Gasteiger partial charge in [0, 0.05) is 46.3 Å². The molecule has 0 saturated heterocycles. The third-order valence-corrected chi connectivity index (χ3v) is 8.43. The van der Waals surface area contributed by atoms with Crippen molar-refractivity contribution in [1.82, 2.24) is 5.43 Å². The number of aliphatic imine (C=N–C) groups is 1. The molecule has 11 heteroatoms. The first-order chi connectivity index (χ1) is 17.3. The first-order valence-electron chi connectivity index (χ1n) is 11.2. The fraction of sp³-hybridized carbons (Fsp3) is 0.160. The largest absolute Gasteiger partial charge is 0.321 e. The maximum Gasteiger partial charge on any atom is 0.264 e. The molecule has 3 aromatic rings. The Morgan fingerprint density at radius 3 is 2.69 bits per heavy atom. The fourth-order valence-electron chi connectivity index (χ4n) is 4.10. The minimum absolute atomic E-state index is 0.112. The molecule has 8 nitrogen and oxygen atoms in total. The third kappa shape index (κ3) is 4.88. The van der Waals surface area contributed by atoms with Crippen molar-refractivity contribution in [3.8, 4) is 0 Å². The van der Waals surface area contributed by atoms with Crippen LogP contribution in [0.3, 0.4) is 0 Å². The van der Waals surface area contributed by atoms with Gasteiger partial charge in [-0.15, -0.1) is 0 Å². The van der Waals surface area contributed by atoms with Crippen LogP contribution in [0, 0.1) is 0 Å². The van der Waals surface area contributed by atoms with E-state index in [0.717, 1.165) is 16.5 Å². The van der Waals surface area contributed by atoms with E-state index < -0.39 is 10.0 Å². The van der Waals surface area contributed by atoms with Crippen molar-refractivity contribution in [2.24, 2.45) is 10.1 Å². The predicted molar refractivity (Wildman–Crippen MR) is 146 cm³/mol. The number of fused-ring (bicyclic) bond motifs is 1. The van der Waals surface area contributed by atoms with E-state index in [4.69, 9.17) is 11.6 Å².